The zero-order chi connectivity index (χ0) is 11.1. The molecule has 80 valence electrons. The molecule has 1 rings (SSSR count). The minimum Gasteiger partial charge on any atom is -0.254 e. The van der Waals surface area contributed by atoms with E-state index in [4.69, 9.17) is 0 Å². The lowest BCUT2D eigenvalue weighted by atomic mass is 10.1. The molecule has 0 saturated carbocycles. The fraction of sp³-hybridized carbons (Fsp3) is 0.625. The third-order valence-electron chi connectivity index (χ3n) is 1.66. The van der Waals surface area contributed by atoms with Crippen molar-refractivity contribution in [2.75, 3.05) is 0 Å². The predicted octanol–water partition coefficient (Wildman–Crippen LogP) is 3.32. The number of hydrogen-bond acceptors (Lipinski definition) is 1. The Morgan fingerprint density at radius 3 is 2.14 bits per heavy atom. The minimum absolute atomic E-state index is 0.104. The maximum Gasteiger partial charge on any atom is 0.281 e. The van der Waals surface area contributed by atoms with E-state index in [1.54, 1.807) is 43.4 Å². The standard InChI is InChI=1S/C8H10F3IN2/c1-8(2,3)14-5(6(9)10)4(12)7(11)13-14/h6H,1-3H3. The molecule has 0 fully saturated rings. The van der Waals surface area contributed by atoms with Gasteiger partial charge in [0.1, 0.15) is 5.69 Å². The zero-order valence-electron chi connectivity index (χ0n) is 7.98. The van der Waals surface area contributed by atoms with Gasteiger partial charge >= 0.3 is 0 Å². The molecule has 6 heteroatoms. The zero-order valence-corrected chi connectivity index (χ0v) is 10.1. The van der Waals surface area contributed by atoms with Crippen molar-refractivity contribution in [3.05, 3.63) is 15.2 Å². The van der Waals surface area contributed by atoms with E-state index in [2.05, 4.69) is 5.10 Å². The van der Waals surface area contributed by atoms with Crippen LogP contribution in [0.1, 0.15) is 32.9 Å². The predicted molar refractivity (Wildman–Crippen MR) is 54.9 cm³/mol. The summed E-state index contributed by atoms with van der Waals surface area (Å²) in [5, 5.41) is 3.47. The molecule has 0 unspecified atom stereocenters. The average molecular weight is 318 g/mol. The molecular weight excluding hydrogens is 308 g/mol. The van der Waals surface area contributed by atoms with E-state index in [1.807, 2.05) is 0 Å². The highest BCUT2D eigenvalue weighted by Gasteiger charge is 2.28. The van der Waals surface area contributed by atoms with E-state index < -0.39 is 17.9 Å². The topological polar surface area (TPSA) is 17.8 Å². The summed E-state index contributed by atoms with van der Waals surface area (Å²) in [6, 6.07) is 0. The monoisotopic (exact) mass is 318 g/mol. The van der Waals surface area contributed by atoms with Gasteiger partial charge in [0, 0.05) is 0 Å². The van der Waals surface area contributed by atoms with Crippen molar-refractivity contribution < 1.29 is 13.2 Å². The van der Waals surface area contributed by atoms with Gasteiger partial charge < -0.3 is 0 Å². The van der Waals surface area contributed by atoms with E-state index in [1.165, 1.54) is 0 Å². The maximum atomic E-state index is 13.0. The molecule has 2 nitrogen and oxygen atoms in total. The molecular formula is C8H10F3IN2. The van der Waals surface area contributed by atoms with Crippen molar-refractivity contribution >= 4 is 22.6 Å². The first-order valence-corrected chi connectivity index (χ1v) is 5.05. The van der Waals surface area contributed by atoms with Crippen molar-refractivity contribution in [1.82, 2.24) is 9.78 Å². The van der Waals surface area contributed by atoms with Gasteiger partial charge in [-0.25, -0.2) is 8.78 Å². The largest absolute Gasteiger partial charge is 0.281 e. The van der Waals surface area contributed by atoms with Crippen LogP contribution in [-0.4, -0.2) is 9.78 Å². The van der Waals surface area contributed by atoms with Crippen LogP contribution in [-0.2, 0) is 5.54 Å². The second-order valence-electron chi connectivity index (χ2n) is 3.87. The van der Waals surface area contributed by atoms with Gasteiger partial charge in [-0.15, -0.1) is 5.10 Å². The summed E-state index contributed by atoms with van der Waals surface area (Å²) in [6.07, 6.45) is -2.71. The van der Waals surface area contributed by atoms with Crippen molar-refractivity contribution in [3.63, 3.8) is 0 Å². The molecule has 0 spiro atoms. The number of rotatable bonds is 1. The highest BCUT2D eigenvalue weighted by Crippen LogP contribution is 2.30. The summed E-state index contributed by atoms with van der Waals surface area (Å²) in [7, 11) is 0. The Kier molecular flexibility index (Phi) is 3.13. The van der Waals surface area contributed by atoms with E-state index >= 15 is 0 Å². The molecule has 0 aliphatic rings. The Hall–Kier alpha value is -0.270. The van der Waals surface area contributed by atoms with Crippen LogP contribution < -0.4 is 0 Å². The normalized spacial score (nSPS) is 12.6. The second kappa shape index (κ2) is 3.71. The fourth-order valence-electron chi connectivity index (χ4n) is 1.08. The summed E-state index contributed by atoms with van der Waals surface area (Å²) in [4.78, 5) is 0. The number of alkyl halides is 2. The maximum absolute atomic E-state index is 13.0. The number of halogens is 4. The summed E-state index contributed by atoms with van der Waals surface area (Å²) >= 11 is 1.54. The fourth-order valence-corrected chi connectivity index (χ4v) is 1.66. The number of nitrogens with zero attached hydrogens (tertiary/aromatic N) is 2. The van der Waals surface area contributed by atoms with Gasteiger partial charge in [0.25, 0.3) is 6.43 Å². The van der Waals surface area contributed by atoms with Crippen LogP contribution in [0, 0.1) is 9.52 Å². The SMILES string of the molecule is CC(C)(C)n1nc(F)c(I)c1C(F)F. The van der Waals surface area contributed by atoms with E-state index in [-0.39, 0.29) is 9.26 Å². The first kappa shape index (κ1) is 11.8. The Morgan fingerprint density at radius 1 is 1.36 bits per heavy atom. The number of hydrogen-bond donors (Lipinski definition) is 0. The minimum atomic E-state index is -2.71. The molecule has 0 aliphatic heterocycles. The van der Waals surface area contributed by atoms with Crippen LogP contribution in [0.4, 0.5) is 13.2 Å². The Morgan fingerprint density at radius 2 is 1.86 bits per heavy atom. The van der Waals surface area contributed by atoms with Crippen molar-refractivity contribution in [3.8, 4) is 0 Å². The first-order chi connectivity index (χ1) is 6.25. The summed E-state index contributed by atoms with van der Waals surface area (Å²) < 4.78 is 39.1. The highest BCUT2D eigenvalue weighted by molar-refractivity contribution is 14.1. The van der Waals surface area contributed by atoms with E-state index in [0.29, 0.717) is 0 Å². The molecule has 0 N–H and O–H groups in total. The third-order valence-corrected chi connectivity index (χ3v) is 2.66. The summed E-state index contributed by atoms with van der Waals surface area (Å²) in [5.41, 5.74) is -0.994. The quantitative estimate of drug-likeness (QED) is 0.727. The first-order valence-electron chi connectivity index (χ1n) is 3.97. The van der Waals surface area contributed by atoms with Crippen LogP contribution in [0.5, 0.6) is 0 Å². The van der Waals surface area contributed by atoms with Crippen LogP contribution >= 0.6 is 22.6 Å². The molecule has 0 amide bonds. The molecule has 0 saturated heterocycles. The Bertz CT molecular complexity index is 341. The molecule has 0 aromatic carbocycles. The molecule has 14 heavy (non-hydrogen) atoms. The molecule has 1 heterocycles. The molecule has 0 aliphatic carbocycles. The molecule has 1 aromatic heterocycles. The lowest BCUT2D eigenvalue weighted by molar-refractivity contribution is 0.129. The van der Waals surface area contributed by atoms with Crippen LogP contribution in [0.25, 0.3) is 0 Å². The average Bonchev–Trinajstić information content (AvgIpc) is 2.27. The van der Waals surface area contributed by atoms with Gasteiger partial charge in [0.05, 0.1) is 9.11 Å². The summed E-state index contributed by atoms with van der Waals surface area (Å²) in [5.74, 6) is -0.837. The van der Waals surface area contributed by atoms with Gasteiger partial charge in [-0.1, -0.05) is 0 Å². The number of aromatic nitrogens is 2. The van der Waals surface area contributed by atoms with Gasteiger partial charge in [0.2, 0.25) is 5.95 Å². The van der Waals surface area contributed by atoms with Crippen LogP contribution in [0.15, 0.2) is 0 Å². The van der Waals surface area contributed by atoms with Gasteiger partial charge in [-0.05, 0) is 43.4 Å². The van der Waals surface area contributed by atoms with Crippen molar-refractivity contribution in [2.45, 2.75) is 32.7 Å². The third kappa shape index (κ3) is 2.04. The van der Waals surface area contributed by atoms with Crippen molar-refractivity contribution in [2.24, 2.45) is 0 Å². The highest BCUT2D eigenvalue weighted by atomic mass is 127. The lowest BCUT2D eigenvalue weighted by Gasteiger charge is -2.21. The lowest BCUT2D eigenvalue weighted by Crippen LogP contribution is -2.25. The summed E-state index contributed by atoms with van der Waals surface area (Å²) in [6.45, 7) is 5.09. The smallest absolute Gasteiger partial charge is 0.254 e. The van der Waals surface area contributed by atoms with Gasteiger partial charge in [-0.2, -0.15) is 4.39 Å². The molecule has 0 radical (unpaired) electrons. The Balaban J connectivity index is 3.37. The Labute approximate surface area is 93.6 Å². The van der Waals surface area contributed by atoms with Crippen molar-refractivity contribution in [1.29, 1.82) is 0 Å². The van der Waals surface area contributed by atoms with E-state index in [9.17, 15) is 13.2 Å². The molecule has 0 bridgehead atoms. The second-order valence-corrected chi connectivity index (χ2v) is 4.95. The van der Waals surface area contributed by atoms with E-state index in [0.717, 1.165) is 4.68 Å². The van der Waals surface area contributed by atoms with Gasteiger partial charge in [0.15, 0.2) is 0 Å². The van der Waals surface area contributed by atoms with Crippen LogP contribution in [0.3, 0.4) is 0 Å². The van der Waals surface area contributed by atoms with Crippen LogP contribution in [0.2, 0.25) is 0 Å². The van der Waals surface area contributed by atoms with Gasteiger partial charge in [-0.3, -0.25) is 4.68 Å². The molecule has 0 atom stereocenters. The molecule has 1 aromatic rings.